The van der Waals surface area contributed by atoms with Gasteiger partial charge in [0.25, 0.3) is 0 Å². The Hall–Kier alpha value is -1.05. The number of rotatable bonds is 41. The molecule has 2 heteroatoms. The maximum Gasteiger partial charge on any atom is 0.303 e. The largest absolute Gasteiger partial charge is 0.481 e. The van der Waals surface area contributed by atoms with Crippen molar-refractivity contribution in [3.63, 3.8) is 0 Å². The molecule has 0 amide bonds. The number of allylic oxidation sites excluding steroid dienone is 4. The topological polar surface area (TPSA) is 37.3 Å². The van der Waals surface area contributed by atoms with Gasteiger partial charge in [-0.1, -0.05) is 224 Å². The minimum atomic E-state index is -0.648. The first kappa shape index (κ1) is 46.0. The summed E-state index contributed by atoms with van der Waals surface area (Å²) in [7, 11) is 0. The van der Waals surface area contributed by atoms with Crippen molar-refractivity contribution in [1.29, 1.82) is 0 Å². The van der Waals surface area contributed by atoms with Crippen LogP contribution in [0, 0.1) is 0 Å². The van der Waals surface area contributed by atoms with Gasteiger partial charge in [0.05, 0.1) is 0 Å². The Kier molecular flexibility index (Phi) is 42.0. The second kappa shape index (κ2) is 43.0. The number of hydrogen-bond acceptors (Lipinski definition) is 1. The molecule has 47 heavy (non-hydrogen) atoms. The SMILES string of the molecule is CCC=CCCCCCCCCCC=CCCCCCCCCCCCCCCCCCCCCCCCCCCCCCC(=O)O. The first-order valence-corrected chi connectivity index (χ1v) is 21.8. The number of unbranched alkanes of at least 4 members (excludes halogenated alkanes) is 35. The molecule has 0 radical (unpaired) electrons. The van der Waals surface area contributed by atoms with Crippen molar-refractivity contribution >= 4 is 5.97 Å². The van der Waals surface area contributed by atoms with E-state index in [1.54, 1.807) is 0 Å². The van der Waals surface area contributed by atoms with E-state index in [1.807, 2.05) is 0 Å². The van der Waals surface area contributed by atoms with Gasteiger partial charge in [0.2, 0.25) is 0 Å². The lowest BCUT2D eigenvalue weighted by molar-refractivity contribution is -0.137. The summed E-state index contributed by atoms with van der Waals surface area (Å²) in [5.74, 6) is -0.648. The third kappa shape index (κ3) is 44.9. The van der Waals surface area contributed by atoms with Gasteiger partial charge >= 0.3 is 5.97 Å². The van der Waals surface area contributed by atoms with Gasteiger partial charge in [-0.2, -0.15) is 0 Å². The van der Waals surface area contributed by atoms with Crippen molar-refractivity contribution in [2.24, 2.45) is 0 Å². The Bertz CT molecular complexity index is 636. The summed E-state index contributed by atoms with van der Waals surface area (Å²) >= 11 is 0. The summed E-state index contributed by atoms with van der Waals surface area (Å²) in [5, 5.41) is 8.65. The van der Waals surface area contributed by atoms with E-state index in [0.717, 1.165) is 12.8 Å². The van der Waals surface area contributed by atoms with Crippen LogP contribution in [0.1, 0.15) is 257 Å². The van der Waals surface area contributed by atoms with E-state index in [2.05, 4.69) is 31.2 Å². The van der Waals surface area contributed by atoms with E-state index in [4.69, 9.17) is 5.11 Å². The second-order valence-electron chi connectivity index (χ2n) is 14.9. The van der Waals surface area contributed by atoms with Crippen LogP contribution >= 0.6 is 0 Å². The molecule has 0 heterocycles. The van der Waals surface area contributed by atoms with E-state index in [0.29, 0.717) is 6.42 Å². The molecule has 0 atom stereocenters. The fraction of sp³-hybridized carbons (Fsp3) is 0.889. The lowest BCUT2D eigenvalue weighted by Gasteiger charge is -2.04. The highest BCUT2D eigenvalue weighted by Gasteiger charge is 1.98. The van der Waals surface area contributed by atoms with Crippen molar-refractivity contribution in [2.75, 3.05) is 0 Å². The maximum atomic E-state index is 10.5. The maximum absolute atomic E-state index is 10.5. The molecule has 0 saturated carbocycles. The molecule has 278 valence electrons. The molecule has 0 rings (SSSR count). The van der Waals surface area contributed by atoms with Crippen LogP contribution in [-0.2, 0) is 4.79 Å². The van der Waals surface area contributed by atoms with Gasteiger partial charge in [0, 0.05) is 6.42 Å². The van der Waals surface area contributed by atoms with E-state index in [-0.39, 0.29) is 0 Å². The third-order valence-corrected chi connectivity index (χ3v) is 10.1. The van der Waals surface area contributed by atoms with Crippen LogP contribution in [0.4, 0.5) is 0 Å². The van der Waals surface area contributed by atoms with E-state index < -0.39 is 5.97 Å². The lowest BCUT2D eigenvalue weighted by atomic mass is 10.0. The highest BCUT2D eigenvalue weighted by atomic mass is 16.4. The summed E-state index contributed by atoms with van der Waals surface area (Å²) in [4.78, 5) is 10.5. The van der Waals surface area contributed by atoms with E-state index in [9.17, 15) is 4.79 Å². The first-order chi connectivity index (χ1) is 23.3. The molecule has 0 aromatic carbocycles. The summed E-state index contributed by atoms with van der Waals surface area (Å²) in [6.45, 7) is 2.22. The number of carboxylic acid groups (broad SMARTS) is 1. The Morgan fingerprint density at radius 3 is 0.723 bits per heavy atom. The lowest BCUT2D eigenvalue weighted by Crippen LogP contribution is -1.93. The molecule has 0 spiro atoms. The average molecular weight is 659 g/mol. The van der Waals surface area contributed by atoms with Crippen molar-refractivity contribution in [2.45, 2.75) is 257 Å². The number of hydrogen-bond donors (Lipinski definition) is 1. The number of carbonyl (C=O) groups is 1. The summed E-state index contributed by atoms with van der Waals surface area (Å²) in [6.07, 6.45) is 62.5. The molecule has 0 bridgehead atoms. The van der Waals surface area contributed by atoms with Gasteiger partial charge < -0.3 is 5.11 Å². The number of carboxylic acids is 1. The number of aliphatic carboxylic acids is 1. The third-order valence-electron chi connectivity index (χ3n) is 10.1. The first-order valence-electron chi connectivity index (χ1n) is 21.8. The molecule has 0 aliphatic heterocycles. The standard InChI is InChI=1S/C45H86O2/c1-2-3-4-5-6-7-8-9-10-11-12-13-14-15-16-17-18-19-20-21-22-23-24-25-26-27-28-29-30-31-32-33-34-35-36-37-38-39-40-41-42-43-44-45(46)47/h3-4,14-15H,2,5-13,16-44H2,1H3,(H,46,47). The Labute approximate surface area is 296 Å². The van der Waals surface area contributed by atoms with Crippen LogP contribution in [0.15, 0.2) is 24.3 Å². The molecule has 0 aromatic heterocycles. The molecule has 2 nitrogen and oxygen atoms in total. The minimum absolute atomic E-state index is 0.345. The normalized spacial score (nSPS) is 11.9. The van der Waals surface area contributed by atoms with E-state index in [1.165, 1.54) is 231 Å². The van der Waals surface area contributed by atoms with Gasteiger partial charge in [-0.05, 0) is 51.4 Å². The summed E-state index contributed by atoms with van der Waals surface area (Å²) < 4.78 is 0. The van der Waals surface area contributed by atoms with Crippen molar-refractivity contribution in [3.8, 4) is 0 Å². The Morgan fingerprint density at radius 2 is 0.511 bits per heavy atom. The van der Waals surface area contributed by atoms with Gasteiger partial charge in [0.15, 0.2) is 0 Å². The van der Waals surface area contributed by atoms with Crippen LogP contribution < -0.4 is 0 Å². The monoisotopic (exact) mass is 659 g/mol. The van der Waals surface area contributed by atoms with Crippen molar-refractivity contribution < 1.29 is 9.90 Å². The average Bonchev–Trinajstić information content (AvgIpc) is 3.07. The van der Waals surface area contributed by atoms with Gasteiger partial charge in [-0.3, -0.25) is 4.79 Å². The van der Waals surface area contributed by atoms with Crippen LogP contribution in [0.2, 0.25) is 0 Å². The van der Waals surface area contributed by atoms with Gasteiger partial charge in [-0.25, -0.2) is 0 Å². The predicted octanol–water partition coefficient (Wildman–Crippen LogP) is 16.4. The minimum Gasteiger partial charge on any atom is -0.481 e. The van der Waals surface area contributed by atoms with Crippen LogP contribution in [0.5, 0.6) is 0 Å². The van der Waals surface area contributed by atoms with Crippen molar-refractivity contribution in [1.82, 2.24) is 0 Å². The van der Waals surface area contributed by atoms with Crippen LogP contribution in [0.3, 0.4) is 0 Å². The molecule has 0 aromatic rings. The molecule has 0 aliphatic carbocycles. The molecule has 0 aliphatic rings. The summed E-state index contributed by atoms with van der Waals surface area (Å²) in [5.41, 5.74) is 0. The fourth-order valence-electron chi connectivity index (χ4n) is 6.89. The zero-order valence-corrected chi connectivity index (χ0v) is 32.2. The van der Waals surface area contributed by atoms with E-state index >= 15 is 0 Å². The highest BCUT2D eigenvalue weighted by Crippen LogP contribution is 2.17. The zero-order chi connectivity index (χ0) is 34.0. The Balaban J connectivity index is 3.09. The molecule has 1 N–H and O–H groups in total. The fourth-order valence-corrected chi connectivity index (χ4v) is 6.89. The molecular weight excluding hydrogens is 572 g/mol. The molecular formula is C45H86O2. The molecule has 0 saturated heterocycles. The predicted molar refractivity (Wildman–Crippen MR) is 212 cm³/mol. The summed E-state index contributed by atoms with van der Waals surface area (Å²) in [6, 6.07) is 0. The molecule has 0 unspecified atom stereocenters. The van der Waals surface area contributed by atoms with Gasteiger partial charge in [0.1, 0.15) is 0 Å². The zero-order valence-electron chi connectivity index (χ0n) is 32.2. The van der Waals surface area contributed by atoms with Crippen LogP contribution in [0.25, 0.3) is 0 Å². The van der Waals surface area contributed by atoms with Gasteiger partial charge in [-0.15, -0.1) is 0 Å². The second-order valence-corrected chi connectivity index (χ2v) is 14.9. The smallest absolute Gasteiger partial charge is 0.303 e. The Morgan fingerprint density at radius 1 is 0.319 bits per heavy atom. The van der Waals surface area contributed by atoms with Crippen LogP contribution in [-0.4, -0.2) is 11.1 Å². The highest BCUT2D eigenvalue weighted by molar-refractivity contribution is 5.66. The molecule has 0 fully saturated rings. The quantitative estimate of drug-likeness (QED) is 0.0524. The van der Waals surface area contributed by atoms with Crippen molar-refractivity contribution in [3.05, 3.63) is 24.3 Å².